The highest BCUT2D eigenvalue weighted by molar-refractivity contribution is 5.68. The Morgan fingerprint density at radius 1 is 1.33 bits per heavy atom. The van der Waals surface area contributed by atoms with Crippen LogP contribution in [0.25, 0.3) is 0 Å². The van der Waals surface area contributed by atoms with Crippen LogP contribution in [-0.2, 0) is 17.6 Å². The van der Waals surface area contributed by atoms with Gasteiger partial charge in [0.15, 0.2) is 6.61 Å². The summed E-state index contributed by atoms with van der Waals surface area (Å²) in [6.45, 7) is -0.254. The Hall–Kier alpha value is -1.51. The molecule has 0 atom stereocenters. The SMILES string of the molecule is O=C(O)COc1cccc2c1CCCC2. The molecule has 0 heterocycles. The molecule has 0 aromatic heterocycles. The van der Waals surface area contributed by atoms with Gasteiger partial charge in [0.1, 0.15) is 5.75 Å². The van der Waals surface area contributed by atoms with Gasteiger partial charge in [0.2, 0.25) is 0 Å². The molecule has 0 spiro atoms. The third-order valence-electron chi connectivity index (χ3n) is 2.70. The van der Waals surface area contributed by atoms with E-state index in [1.165, 1.54) is 24.0 Å². The van der Waals surface area contributed by atoms with Gasteiger partial charge >= 0.3 is 5.97 Å². The second-order valence-electron chi connectivity index (χ2n) is 3.78. The van der Waals surface area contributed by atoms with Gasteiger partial charge in [-0.1, -0.05) is 12.1 Å². The minimum Gasteiger partial charge on any atom is -0.482 e. The van der Waals surface area contributed by atoms with Gasteiger partial charge in [0, 0.05) is 0 Å². The zero-order valence-corrected chi connectivity index (χ0v) is 8.53. The molecule has 1 aromatic carbocycles. The molecule has 3 nitrogen and oxygen atoms in total. The highest BCUT2D eigenvalue weighted by Gasteiger charge is 2.14. The molecule has 0 aliphatic heterocycles. The maximum absolute atomic E-state index is 10.4. The third-order valence-corrected chi connectivity index (χ3v) is 2.70. The number of carbonyl (C=O) groups is 1. The summed E-state index contributed by atoms with van der Waals surface area (Å²) in [5.74, 6) is -0.182. The number of hydrogen-bond acceptors (Lipinski definition) is 2. The summed E-state index contributed by atoms with van der Waals surface area (Å²) in [5.41, 5.74) is 2.51. The number of carboxylic acid groups (broad SMARTS) is 1. The van der Waals surface area contributed by atoms with Crippen molar-refractivity contribution in [3.05, 3.63) is 29.3 Å². The van der Waals surface area contributed by atoms with E-state index in [0.717, 1.165) is 18.6 Å². The standard InChI is InChI=1S/C12H14O3/c13-12(14)8-15-11-7-3-5-9-4-1-2-6-10(9)11/h3,5,7H,1-2,4,6,8H2,(H,13,14). The van der Waals surface area contributed by atoms with Crippen molar-refractivity contribution in [2.24, 2.45) is 0 Å². The molecule has 0 bridgehead atoms. The van der Waals surface area contributed by atoms with Crippen LogP contribution >= 0.6 is 0 Å². The molecule has 0 unspecified atom stereocenters. The summed E-state index contributed by atoms with van der Waals surface area (Å²) in [4.78, 5) is 10.4. The van der Waals surface area contributed by atoms with E-state index in [1.54, 1.807) is 0 Å². The Morgan fingerprint density at radius 2 is 2.13 bits per heavy atom. The molecule has 1 aliphatic rings. The van der Waals surface area contributed by atoms with Gasteiger partial charge in [-0.15, -0.1) is 0 Å². The lowest BCUT2D eigenvalue weighted by Crippen LogP contribution is -2.12. The molecule has 80 valence electrons. The Bertz CT molecular complexity index is 371. The van der Waals surface area contributed by atoms with Gasteiger partial charge in [-0.25, -0.2) is 4.79 Å². The maximum atomic E-state index is 10.4. The van der Waals surface area contributed by atoms with Crippen LogP contribution in [0.4, 0.5) is 0 Å². The fourth-order valence-corrected chi connectivity index (χ4v) is 2.02. The topological polar surface area (TPSA) is 46.5 Å². The molecule has 2 rings (SSSR count). The van der Waals surface area contributed by atoms with Crippen LogP contribution in [0.2, 0.25) is 0 Å². The molecular weight excluding hydrogens is 192 g/mol. The van der Waals surface area contributed by atoms with E-state index in [9.17, 15) is 4.79 Å². The molecule has 1 aliphatic carbocycles. The van der Waals surface area contributed by atoms with Crippen LogP contribution < -0.4 is 4.74 Å². The van der Waals surface area contributed by atoms with Crippen molar-refractivity contribution in [3.8, 4) is 5.75 Å². The van der Waals surface area contributed by atoms with E-state index in [2.05, 4.69) is 6.07 Å². The van der Waals surface area contributed by atoms with Crippen molar-refractivity contribution in [2.45, 2.75) is 25.7 Å². The number of ether oxygens (including phenoxy) is 1. The van der Waals surface area contributed by atoms with Crippen LogP contribution in [0.1, 0.15) is 24.0 Å². The van der Waals surface area contributed by atoms with Crippen LogP contribution in [-0.4, -0.2) is 17.7 Å². The molecule has 0 radical (unpaired) electrons. The van der Waals surface area contributed by atoms with Crippen LogP contribution in [0, 0.1) is 0 Å². The first kappa shape index (κ1) is 10.0. The highest BCUT2D eigenvalue weighted by Crippen LogP contribution is 2.29. The average molecular weight is 206 g/mol. The lowest BCUT2D eigenvalue weighted by Gasteiger charge is -2.18. The van der Waals surface area contributed by atoms with Gasteiger partial charge in [-0.2, -0.15) is 0 Å². The molecule has 3 heteroatoms. The van der Waals surface area contributed by atoms with Crippen LogP contribution in [0.3, 0.4) is 0 Å². The lowest BCUT2D eigenvalue weighted by molar-refractivity contribution is -0.139. The summed E-state index contributed by atoms with van der Waals surface area (Å²) in [6.07, 6.45) is 4.47. The monoisotopic (exact) mass is 206 g/mol. The van der Waals surface area contributed by atoms with Gasteiger partial charge in [-0.3, -0.25) is 0 Å². The predicted molar refractivity (Wildman–Crippen MR) is 56.2 cm³/mol. The Morgan fingerprint density at radius 3 is 2.93 bits per heavy atom. The zero-order chi connectivity index (χ0) is 10.7. The first-order valence-corrected chi connectivity index (χ1v) is 5.23. The normalized spacial score (nSPS) is 14.4. The van der Waals surface area contributed by atoms with Gasteiger partial charge in [-0.05, 0) is 42.9 Å². The number of hydrogen-bond donors (Lipinski definition) is 1. The average Bonchev–Trinajstić information content (AvgIpc) is 2.26. The van der Waals surface area contributed by atoms with Crippen LogP contribution in [0.5, 0.6) is 5.75 Å². The zero-order valence-electron chi connectivity index (χ0n) is 8.53. The largest absolute Gasteiger partial charge is 0.482 e. The number of fused-ring (bicyclic) bond motifs is 1. The minimum atomic E-state index is -0.927. The maximum Gasteiger partial charge on any atom is 0.341 e. The molecular formula is C12H14O3. The third kappa shape index (κ3) is 2.29. The molecule has 0 fully saturated rings. The number of carboxylic acids is 1. The summed E-state index contributed by atoms with van der Waals surface area (Å²) < 4.78 is 5.27. The summed E-state index contributed by atoms with van der Waals surface area (Å²) in [5, 5.41) is 8.55. The van der Waals surface area contributed by atoms with E-state index in [1.807, 2.05) is 12.1 Å². The van der Waals surface area contributed by atoms with E-state index in [4.69, 9.17) is 9.84 Å². The van der Waals surface area contributed by atoms with Gasteiger partial charge in [0.05, 0.1) is 0 Å². The highest BCUT2D eigenvalue weighted by atomic mass is 16.5. The molecule has 1 N–H and O–H groups in total. The molecule has 15 heavy (non-hydrogen) atoms. The number of aliphatic carboxylic acids is 1. The minimum absolute atomic E-state index is 0.254. The van der Waals surface area contributed by atoms with Crippen molar-refractivity contribution >= 4 is 5.97 Å². The van der Waals surface area contributed by atoms with Crippen LogP contribution in [0.15, 0.2) is 18.2 Å². The predicted octanol–water partition coefficient (Wildman–Crippen LogP) is 2.03. The van der Waals surface area contributed by atoms with Crippen molar-refractivity contribution in [1.82, 2.24) is 0 Å². The molecule has 0 saturated heterocycles. The van der Waals surface area contributed by atoms with E-state index < -0.39 is 5.97 Å². The lowest BCUT2D eigenvalue weighted by atomic mass is 9.91. The Balaban J connectivity index is 2.19. The van der Waals surface area contributed by atoms with E-state index in [-0.39, 0.29) is 6.61 Å². The molecule has 1 aromatic rings. The Kier molecular flexibility index (Phi) is 2.90. The number of rotatable bonds is 3. The fraction of sp³-hybridized carbons (Fsp3) is 0.417. The number of benzene rings is 1. The van der Waals surface area contributed by atoms with Crippen molar-refractivity contribution < 1.29 is 14.6 Å². The second kappa shape index (κ2) is 4.34. The van der Waals surface area contributed by atoms with Crippen molar-refractivity contribution in [3.63, 3.8) is 0 Å². The quantitative estimate of drug-likeness (QED) is 0.823. The number of aryl methyl sites for hydroxylation is 1. The van der Waals surface area contributed by atoms with E-state index >= 15 is 0 Å². The first-order valence-electron chi connectivity index (χ1n) is 5.23. The Labute approximate surface area is 88.7 Å². The van der Waals surface area contributed by atoms with Crippen molar-refractivity contribution in [2.75, 3.05) is 6.61 Å². The summed E-state index contributed by atoms with van der Waals surface area (Å²) >= 11 is 0. The molecule has 0 saturated carbocycles. The summed E-state index contributed by atoms with van der Waals surface area (Å²) in [7, 11) is 0. The van der Waals surface area contributed by atoms with E-state index in [0.29, 0.717) is 0 Å². The second-order valence-corrected chi connectivity index (χ2v) is 3.78. The summed E-state index contributed by atoms with van der Waals surface area (Å²) in [6, 6.07) is 5.89. The molecule has 0 amide bonds. The van der Waals surface area contributed by atoms with Crippen molar-refractivity contribution in [1.29, 1.82) is 0 Å². The van der Waals surface area contributed by atoms with Gasteiger partial charge in [0.25, 0.3) is 0 Å². The first-order chi connectivity index (χ1) is 7.27. The van der Waals surface area contributed by atoms with Gasteiger partial charge < -0.3 is 9.84 Å². The fourth-order valence-electron chi connectivity index (χ4n) is 2.02. The smallest absolute Gasteiger partial charge is 0.341 e.